The molecule has 0 aliphatic rings. The fraction of sp³-hybridized carbons (Fsp3) is 0.100. The van der Waals surface area contributed by atoms with Gasteiger partial charge in [-0.05, 0) is 36.8 Å². The van der Waals surface area contributed by atoms with Crippen LogP contribution in [0.5, 0.6) is 0 Å². The van der Waals surface area contributed by atoms with Crippen molar-refractivity contribution in [2.24, 2.45) is 0 Å². The number of hydrogen-bond donors (Lipinski definition) is 2. The van der Waals surface area contributed by atoms with Gasteiger partial charge in [0.15, 0.2) is 0 Å². The Morgan fingerprint density at radius 2 is 2.00 bits per heavy atom. The maximum absolute atomic E-state index is 12.5. The third kappa shape index (κ3) is 3.07. The summed E-state index contributed by atoms with van der Waals surface area (Å²) in [4.78, 5) is 0. The minimum atomic E-state index is -0.252. The zero-order valence-corrected chi connectivity index (χ0v) is 7.34. The van der Waals surface area contributed by atoms with Crippen molar-refractivity contribution < 1.29 is 4.39 Å². The average molecular weight is 178 g/mol. The van der Waals surface area contributed by atoms with Crippen LogP contribution in [-0.4, -0.2) is 6.21 Å². The quantitative estimate of drug-likeness (QED) is 0.686. The molecule has 0 aliphatic heterocycles. The van der Waals surface area contributed by atoms with Crippen LogP contribution in [0, 0.1) is 11.2 Å². The van der Waals surface area contributed by atoms with Gasteiger partial charge in [-0.15, -0.1) is 0 Å². The minimum absolute atomic E-state index is 0.252. The molecule has 0 saturated heterocycles. The molecule has 1 aromatic rings. The molecule has 0 aliphatic carbocycles. The molecule has 1 rings (SSSR count). The highest BCUT2D eigenvalue weighted by atomic mass is 19.1. The van der Waals surface area contributed by atoms with E-state index in [1.807, 2.05) is 6.92 Å². The van der Waals surface area contributed by atoms with Gasteiger partial charge in [-0.1, -0.05) is 0 Å². The van der Waals surface area contributed by atoms with Crippen molar-refractivity contribution in [2.75, 3.05) is 5.32 Å². The van der Waals surface area contributed by atoms with Crippen LogP contribution in [0.1, 0.15) is 6.92 Å². The number of hydrogen-bond acceptors (Lipinski definition) is 2. The maximum Gasteiger partial charge on any atom is 0.123 e. The molecule has 0 aromatic heterocycles. The smallest absolute Gasteiger partial charge is 0.123 e. The lowest BCUT2D eigenvalue weighted by molar-refractivity contribution is 0.628. The molecule has 0 amide bonds. The topological polar surface area (TPSA) is 35.9 Å². The first-order valence-corrected chi connectivity index (χ1v) is 3.92. The fourth-order valence-corrected chi connectivity index (χ4v) is 0.785. The fourth-order valence-electron chi connectivity index (χ4n) is 0.785. The van der Waals surface area contributed by atoms with E-state index in [2.05, 4.69) is 5.32 Å². The molecule has 0 fully saturated rings. The normalized spacial score (nSPS) is 11.1. The van der Waals surface area contributed by atoms with Gasteiger partial charge < -0.3 is 10.7 Å². The summed E-state index contributed by atoms with van der Waals surface area (Å²) < 4.78 is 12.5. The van der Waals surface area contributed by atoms with Gasteiger partial charge in [0.25, 0.3) is 0 Å². The molecule has 1 aromatic carbocycles. The van der Waals surface area contributed by atoms with Crippen molar-refractivity contribution in [3.05, 3.63) is 41.9 Å². The Morgan fingerprint density at radius 3 is 2.54 bits per heavy atom. The van der Waals surface area contributed by atoms with Gasteiger partial charge in [-0.2, -0.15) is 0 Å². The summed E-state index contributed by atoms with van der Waals surface area (Å²) >= 11 is 0. The van der Waals surface area contributed by atoms with Crippen molar-refractivity contribution in [1.29, 1.82) is 5.41 Å². The van der Waals surface area contributed by atoms with Crippen LogP contribution in [0.15, 0.2) is 36.0 Å². The Hall–Kier alpha value is -1.64. The number of nitrogens with one attached hydrogen (secondary N) is 2. The van der Waals surface area contributed by atoms with Gasteiger partial charge in [-0.3, -0.25) is 0 Å². The maximum atomic E-state index is 12.5. The molecule has 0 unspecified atom stereocenters. The van der Waals surface area contributed by atoms with Gasteiger partial charge in [0.05, 0.1) is 0 Å². The Bertz CT molecular complexity index is 314. The van der Waals surface area contributed by atoms with Crippen LogP contribution in [0.25, 0.3) is 0 Å². The lowest BCUT2D eigenvalue weighted by Gasteiger charge is -2.00. The molecule has 0 bridgehead atoms. The first-order valence-electron chi connectivity index (χ1n) is 3.92. The first-order chi connectivity index (χ1) is 6.22. The van der Waals surface area contributed by atoms with E-state index in [-0.39, 0.29) is 5.82 Å². The predicted octanol–water partition coefficient (Wildman–Crippen LogP) is 2.79. The Balaban J connectivity index is 2.65. The largest absolute Gasteiger partial charge is 0.361 e. The molecule has 0 saturated carbocycles. The summed E-state index contributed by atoms with van der Waals surface area (Å²) in [5, 5.41) is 9.86. The average Bonchev–Trinajstić information content (AvgIpc) is 2.16. The SMILES string of the molecule is C/C(C=N)=C/Nc1ccc(F)cc1. The molecular formula is C10H11FN2. The van der Waals surface area contributed by atoms with Crippen molar-refractivity contribution in [3.8, 4) is 0 Å². The lowest BCUT2D eigenvalue weighted by atomic mass is 10.3. The summed E-state index contributed by atoms with van der Waals surface area (Å²) in [5.41, 5.74) is 1.62. The summed E-state index contributed by atoms with van der Waals surface area (Å²) in [5.74, 6) is -0.252. The summed E-state index contributed by atoms with van der Waals surface area (Å²) in [6.07, 6.45) is 2.94. The van der Waals surface area contributed by atoms with Gasteiger partial charge in [0, 0.05) is 18.1 Å². The summed E-state index contributed by atoms with van der Waals surface area (Å²) in [6.45, 7) is 1.81. The van der Waals surface area contributed by atoms with Crippen LogP contribution in [-0.2, 0) is 0 Å². The molecule has 0 spiro atoms. The number of halogens is 1. The van der Waals surface area contributed by atoms with E-state index in [9.17, 15) is 4.39 Å². The highest BCUT2D eigenvalue weighted by Crippen LogP contribution is 2.08. The summed E-state index contributed by atoms with van der Waals surface area (Å²) in [7, 11) is 0. The monoisotopic (exact) mass is 178 g/mol. The van der Waals surface area contributed by atoms with Crippen molar-refractivity contribution in [1.82, 2.24) is 0 Å². The molecule has 0 atom stereocenters. The van der Waals surface area contributed by atoms with Gasteiger partial charge in [-0.25, -0.2) is 4.39 Å². The standard InChI is InChI=1S/C10H11FN2/c1-8(6-12)7-13-10-4-2-9(11)3-5-10/h2-7,12-13H,1H3/b8-7-,12-6?. The lowest BCUT2D eigenvalue weighted by Crippen LogP contribution is -1.90. The molecule has 13 heavy (non-hydrogen) atoms. The van der Waals surface area contributed by atoms with E-state index < -0.39 is 0 Å². The van der Waals surface area contributed by atoms with E-state index in [0.29, 0.717) is 0 Å². The molecule has 0 heterocycles. The third-order valence-electron chi connectivity index (χ3n) is 1.54. The summed E-state index contributed by atoms with van der Waals surface area (Å²) in [6, 6.07) is 6.05. The van der Waals surface area contributed by atoms with Gasteiger partial charge >= 0.3 is 0 Å². The third-order valence-corrected chi connectivity index (χ3v) is 1.54. The van der Waals surface area contributed by atoms with Crippen molar-refractivity contribution in [3.63, 3.8) is 0 Å². The van der Waals surface area contributed by atoms with E-state index in [1.165, 1.54) is 18.3 Å². The van der Waals surface area contributed by atoms with E-state index in [4.69, 9.17) is 5.41 Å². The van der Waals surface area contributed by atoms with Gasteiger partial charge in [0.2, 0.25) is 0 Å². The number of rotatable bonds is 3. The molecule has 68 valence electrons. The molecule has 3 heteroatoms. The van der Waals surface area contributed by atoms with E-state index in [1.54, 1.807) is 18.3 Å². The number of allylic oxidation sites excluding steroid dienone is 1. The van der Waals surface area contributed by atoms with Crippen LogP contribution < -0.4 is 5.32 Å². The predicted molar refractivity (Wildman–Crippen MR) is 52.6 cm³/mol. The first kappa shape index (κ1) is 9.45. The minimum Gasteiger partial charge on any atom is -0.361 e. The van der Waals surface area contributed by atoms with Crippen LogP contribution in [0.3, 0.4) is 0 Å². The molecule has 2 N–H and O–H groups in total. The van der Waals surface area contributed by atoms with E-state index >= 15 is 0 Å². The zero-order valence-electron chi connectivity index (χ0n) is 7.34. The Morgan fingerprint density at radius 1 is 1.38 bits per heavy atom. The van der Waals surface area contributed by atoms with E-state index in [0.717, 1.165) is 11.3 Å². The zero-order chi connectivity index (χ0) is 9.68. The molecule has 2 nitrogen and oxygen atoms in total. The van der Waals surface area contributed by atoms with Crippen molar-refractivity contribution in [2.45, 2.75) is 6.92 Å². The second-order valence-electron chi connectivity index (χ2n) is 2.68. The number of anilines is 1. The van der Waals surface area contributed by atoms with Gasteiger partial charge in [0.1, 0.15) is 5.82 Å². The second-order valence-corrected chi connectivity index (χ2v) is 2.68. The molecular weight excluding hydrogens is 167 g/mol. The Kier molecular flexibility index (Phi) is 3.20. The second kappa shape index (κ2) is 4.40. The molecule has 0 radical (unpaired) electrons. The highest BCUT2D eigenvalue weighted by Gasteiger charge is 1.89. The number of benzene rings is 1. The van der Waals surface area contributed by atoms with Crippen LogP contribution in [0.2, 0.25) is 0 Å². The van der Waals surface area contributed by atoms with Crippen LogP contribution >= 0.6 is 0 Å². The van der Waals surface area contributed by atoms with Crippen molar-refractivity contribution >= 4 is 11.9 Å². The van der Waals surface area contributed by atoms with Crippen LogP contribution in [0.4, 0.5) is 10.1 Å². The highest BCUT2D eigenvalue weighted by molar-refractivity contribution is 5.75. The Labute approximate surface area is 76.6 Å².